The lowest BCUT2D eigenvalue weighted by Gasteiger charge is -2.17. The molecule has 1 saturated carbocycles. The summed E-state index contributed by atoms with van der Waals surface area (Å²) in [6.07, 6.45) is 2.04. The van der Waals surface area contributed by atoms with Crippen molar-refractivity contribution >= 4 is 11.8 Å². The number of likely N-dealkylation sites (tertiary alicyclic amines) is 1. The molecule has 2 amide bonds. The topological polar surface area (TPSA) is 57.6 Å². The van der Waals surface area contributed by atoms with Crippen molar-refractivity contribution in [1.29, 1.82) is 0 Å². The number of imide groups is 1. The van der Waals surface area contributed by atoms with Gasteiger partial charge in [-0.2, -0.15) is 0 Å². The van der Waals surface area contributed by atoms with Crippen molar-refractivity contribution in [1.82, 2.24) is 4.90 Å². The van der Waals surface area contributed by atoms with Crippen LogP contribution in [0.1, 0.15) is 26.2 Å². The van der Waals surface area contributed by atoms with Crippen LogP contribution >= 0.6 is 0 Å². The largest absolute Gasteiger partial charge is 0.392 e. The number of hydrogen-bond donors (Lipinski definition) is 1. The Morgan fingerprint density at radius 1 is 1.36 bits per heavy atom. The summed E-state index contributed by atoms with van der Waals surface area (Å²) in [7, 11) is 0. The highest BCUT2D eigenvalue weighted by Crippen LogP contribution is 2.39. The van der Waals surface area contributed by atoms with Gasteiger partial charge in [0.2, 0.25) is 11.8 Å². The molecule has 3 atom stereocenters. The highest BCUT2D eigenvalue weighted by Gasteiger charge is 2.49. The fourth-order valence-corrected chi connectivity index (χ4v) is 2.50. The first kappa shape index (κ1) is 9.65. The van der Waals surface area contributed by atoms with Gasteiger partial charge >= 0.3 is 0 Å². The maximum atomic E-state index is 11.7. The number of hydrogen-bond acceptors (Lipinski definition) is 3. The first-order chi connectivity index (χ1) is 6.61. The van der Waals surface area contributed by atoms with E-state index in [2.05, 4.69) is 0 Å². The third kappa shape index (κ3) is 1.34. The zero-order valence-electron chi connectivity index (χ0n) is 8.27. The van der Waals surface area contributed by atoms with Crippen molar-refractivity contribution in [3.05, 3.63) is 0 Å². The van der Waals surface area contributed by atoms with E-state index in [0.717, 1.165) is 19.3 Å². The van der Waals surface area contributed by atoms with Gasteiger partial charge in [-0.25, -0.2) is 0 Å². The van der Waals surface area contributed by atoms with Crippen molar-refractivity contribution in [2.24, 2.45) is 11.8 Å². The molecule has 2 aliphatic rings. The standard InChI is InChI=1S/C10H15NO3/c1-6(12)5-11-9(13)7-3-2-4-8(7)10(11)14/h6-8,12H,2-5H2,1H3/t6-,7?,8?/m0/s1. The van der Waals surface area contributed by atoms with E-state index in [1.807, 2.05) is 0 Å². The summed E-state index contributed by atoms with van der Waals surface area (Å²) >= 11 is 0. The lowest BCUT2D eigenvalue weighted by molar-refractivity contribution is -0.141. The number of aliphatic hydroxyl groups is 1. The molecular weight excluding hydrogens is 182 g/mol. The first-order valence-corrected chi connectivity index (χ1v) is 5.14. The van der Waals surface area contributed by atoms with E-state index in [4.69, 9.17) is 5.11 Å². The predicted octanol–water partition coefficient (Wildman–Crippen LogP) is 0.152. The monoisotopic (exact) mass is 197 g/mol. The van der Waals surface area contributed by atoms with Crippen LogP contribution in [0.4, 0.5) is 0 Å². The second-order valence-corrected chi connectivity index (χ2v) is 4.28. The molecule has 0 spiro atoms. The first-order valence-electron chi connectivity index (χ1n) is 5.14. The maximum Gasteiger partial charge on any atom is 0.233 e. The number of nitrogens with zero attached hydrogens (tertiary/aromatic N) is 1. The van der Waals surface area contributed by atoms with E-state index < -0.39 is 6.10 Å². The van der Waals surface area contributed by atoms with Gasteiger partial charge in [0.05, 0.1) is 24.5 Å². The van der Waals surface area contributed by atoms with Gasteiger partial charge < -0.3 is 5.11 Å². The number of carbonyl (C=O) groups is 2. The van der Waals surface area contributed by atoms with Gasteiger partial charge in [-0.1, -0.05) is 6.42 Å². The fourth-order valence-electron chi connectivity index (χ4n) is 2.50. The molecule has 1 N–H and O–H groups in total. The molecule has 2 fully saturated rings. The number of aliphatic hydroxyl groups excluding tert-OH is 1. The highest BCUT2D eigenvalue weighted by atomic mass is 16.3. The van der Waals surface area contributed by atoms with Crippen LogP contribution in [0.3, 0.4) is 0 Å². The van der Waals surface area contributed by atoms with Gasteiger partial charge in [-0.15, -0.1) is 0 Å². The molecule has 2 unspecified atom stereocenters. The van der Waals surface area contributed by atoms with E-state index in [-0.39, 0.29) is 30.2 Å². The SMILES string of the molecule is C[C@H](O)CN1C(=O)C2CCCC2C1=O. The Hall–Kier alpha value is -0.900. The summed E-state index contributed by atoms with van der Waals surface area (Å²) < 4.78 is 0. The van der Waals surface area contributed by atoms with Crippen molar-refractivity contribution in [2.75, 3.05) is 6.54 Å². The number of β-amino-alcohol motifs (C(OH)–C–C–N with tert-alkyl or cyclic N) is 1. The minimum atomic E-state index is -0.623. The molecular formula is C10H15NO3. The van der Waals surface area contributed by atoms with Crippen LogP contribution in [0.5, 0.6) is 0 Å². The number of rotatable bonds is 2. The Morgan fingerprint density at radius 2 is 1.86 bits per heavy atom. The summed E-state index contributed by atoms with van der Waals surface area (Å²) in [6, 6.07) is 0. The smallest absolute Gasteiger partial charge is 0.233 e. The Morgan fingerprint density at radius 3 is 2.29 bits per heavy atom. The third-order valence-electron chi connectivity index (χ3n) is 3.13. The Bertz CT molecular complexity index is 253. The van der Waals surface area contributed by atoms with Gasteiger partial charge in [0, 0.05) is 0 Å². The van der Waals surface area contributed by atoms with Crippen molar-refractivity contribution < 1.29 is 14.7 Å². The predicted molar refractivity (Wildman–Crippen MR) is 49.2 cm³/mol. The minimum Gasteiger partial charge on any atom is -0.392 e. The molecule has 14 heavy (non-hydrogen) atoms. The second-order valence-electron chi connectivity index (χ2n) is 4.28. The summed E-state index contributed by atoms with van der Waals surface area (Å²) in [6.45, 7) is 1.75. The van der Waals surface area contributed by atoms with Crippen molar-refractivity contribution in [3.63, 3.8) is 0 Å². The van der Waals surface area contributed by atoms with E-state index in [0.29, 0.717) is 0 Å². The lowest BCUT2D eigenvalue weighted by atomic mass is 10.00. The van der Waals surface area contributed by atoms with Crippen molar-refractivity contribution in [3.8, 4) is 0 Å². The lowest BCUT2D eigenvalue weighted by Crippen LogP contribution is -2.37. The highest BCUT2D eigenvalue weighted by molar-refractivity contribution is 6.05. The Labute approximate surface area is 82.9 Å². The molecule has 1 heterocycles. The van der Waals surface area contributed by atoms with Crippen LogP contribution < -0.4 is 0 Å². The second kappa shape index (κ2) is 3.35. The van der Waals surface area contributed by atoms with E-state index in [1.54, 1.807) is 6.92 Å². The molecule has 0 aromatic rings. The van der Waals surface area contributed by atoms with Gasteiger partial charge in [-0.05, 0) is 19.8 Å². The minimum absolute atomic E-state index is 0.0709. The van der Waals surface area contributed by atoms with E-state index in [9.17, 15) is 9.59 Å². The van der Waals surface area contributed by atoms with Gasteiger partial charge in [0.1, 0.15) is 0 Å². The number of fused-ring (bicyclic) bond motifs is 1. The van der Waals surface area contributed by atoms with Gasteiger partial charge in [-0.3, -0.25) is 14.5 Å². The summed E-state index contributed by atoms with van der Waals surface area (Å²) in [5.41, 5.74) is 0. The zero-order chi connectivity index (χ0) is 10.3. The summed E-state index contributed by atoms with van der Waals surface area (Å²) in [4.78, 5) is 24.7. The van der Waals surface area contributed by atoms with E-state index >= 15 is 0 Å². The van der Waals surface area contributed by atoms with Crippen LogP contribution in [0.2, 0.25) is 0 Å². The maximum absolute atomic E-state index is 11.7. The average molecular weight is 197 g/mol. The molecule has 0 bridgehead atoms. The van der Waals surface area contributed by atoms with E-state index in [1.165, 1.54) is 4.90 Å². The molecule has 1 aliphatic heterocycles. The molecule has 0 radical (unpaired) electrons. The number of amides is 2. The number of carbonyl (C=O) groups excluding carboxylic acids is 2. The van der Waals surface area contributed by atoms with Crippen molar-refractivity contribution in [2.45, 2.75) is 32.3 Å². The zero-order valence-corrected chi connectivity index (χ0v) is 8.27. The fraction of sp³-hybridized carbons (Fsp3) is 0.800. The summed E-state index contributed by atoms with van der Waals surface area (Å²) in [5, 5.41) is 9.17. The molecule has 0 aromatic carbocycles. The molecule has 4 nitrogen and oxygen atoms in total. The molecule has 0 aromatic heterocycles. The van der Waals surface area contributed by atoms with Crippen LogP contribution in [0.25, 0.3) is 0 Å². The normalized spacial score (nSPS) is 33.7. The van der Waals surface area contributed by atoms with Gasteiger partial charge in [0.25, 0.3) is 0 Å². The molecule has 2 rings (SSSR count). The molecule has 1 aliphatic carbocycles. The third-order valence-corrected chi connectivity index (χ3v) is 3.13. The molecule has 1 saturated heterocycles. The van der Waals surface area contributed by atoms with Crippen LogP contribution in [0.15, 0.2) is 0 Å². The Balaban J connectivity index is 2.13. The summed E-state index contributed by atoms with van der Waals surface area (Å²) in [5.74, 6) is -0.306. The molecule has 4 heteroatoms. The molecule has 78 valence electrons. The van der Waals surface area contributed by atoms with Crippen LogP contribution in [-0.2, 0) is 9.59 Å². The quantitative estimate of drug-likeness (QED) is 0.641. The van der Waals surface area contributed by atoms with Gasteiger partial charge in [0.15, 0.2) is 0 Å². The van der Waals surface area contributed by atoms with Crippen LogP contribution in [0, 0.1) is 11.8 Å². The Kier molecular flexibility index (Phi) is 2.31. The van der Waals surface area contributed by atoms with Crippen LogP contribution in [-0.4, -0.2) is 34.5 Å². The average Bonchev–Trinajstić information content (AvgIpc) is 2.65.